The smallest absolute Gasteiger partial charge is 0.303 e. The Morgan fingerprint density at radius 3 is 2.49 bits per heavy atom. The number of unbranched alkanes of at least 4 members (excludes halogenated alkanes) is 2. The number of aliphatic carboxylic acids is 1. The molecule has 14 heteroatoms. The summed E-state index contributed by atoms with van der Waals surface area (Å²) in [6, 6.07) is 11.8. The maximum Gasteiger partial charge on any atom is 0.303 e. The largest absolute Gasteiger partial charge is 0.492 e. The van der Waals surface area contributed by atoms with Gasteiger partial charge >= 0.3 is 5.97 Å². The first kappa shape index (κ1) is 28.4. The third-order valence-electron chi connectivity index (χ3n) is 5.98. The van der Waals surface area contributed by atoms with Crippen LogP contribution in [-0.4, -0.2) is 54.4 Å². The fraction of sp³-hybridized carbons (Fsp3) is 0.320. The lowest BCUT2D eigenvalue weighted by Gasteiger charge is -2.09. The lowest BCUT2D eigenvalue weighted by atomic mass is 10.1. The molecule has 2 aromatic carbocycles. The van der Waals surface area contributed by atoms with E-state index in [1.807, 2.05) is 36.5 Å². The van der Waals surface area contributed by atoms with Crippen molar-refractivity contribution in [2.75, 3.05) is 12.4 Å². The van der Waals surface area contributed by atoms with E-state index in [1.165, 1.54) is 6.07 Å². The number of hydrogen-bond acceptors (Lipinski definition) is 8. The SMILES string of the molecule is O=C(O)CCCCC[n+]1ccc(-c2nc3cc(S(=O)(=O)O)c(OCCCS(=O)(=O)O)cc3o2)c2ccccc21. The van der Waals surface area contributed by atoms with E-state index in [0.717, 1.165) is 29.8 Å². The molecule has 0 saturated heterocycles. The molecule has 2 aromatic heterocycles. The molecule has 0 spiro atoms. The third kappa shape index (κ3) is 7.29. The van der Waals surface area contributed by atoms with Crippen LogP contribution in [-0.2, 0) is 31.6 Å². The van der Waals surface area contributed by atoms with Crippen LogP contribution in [0.1, 0.15) is 32.1 Å². The minimum atomic E-state index is -4.71. The van der Waals surface area contributed by atoms with Crippen molar-refractivity contribution in [2.45, 2.75) is 43.5 Å². The number of benzene rings is 2. The van der Waals surface area contributed by atoms with Gasteiger partial charge in [-0.25, -0.2) is 4.98 Å². The van der Waals surface area contributed by atoms with Crippen LogP contribution in [0.2, 0.25) is 0 Å². The van der Waals surface area contributed by atoms with Crippen molar-refractivity contribution in [3.63, 3.8) is 0 Å². The standard InChI is InChI=1S/C25H26N2O10S2/c28-24(29)9-2-1-5-11-27-12-10-18(17-7-3-4-8-20(17)27)25-26-19-15-23(39(33,34)35)22(16-21(19)37-25)36-13-6-14-38(30,31)32/h3-4,7-8,10,12,15-16H,1-2,5-6,9,11,13-14H2,(H2-,28,29,30,31,32,33,34,35)/p+1. The average Bonchev–Trinajstić information content (AvgIpc) is 3.27. The summed E-state index contributed by atoms with van der Waals surface area (Å²) < 4.78 is 77.8. The number of para-hydroxylation sites is 1. The molecule has 0 bridgehead atoms. The van der Waals surface area contributed by atoms with Gasteiger partial charge in [0.1, 0.15) is 22.7 Å². The molecule has 208 valence electrons. The second-order valence-corrected chi connectivity index (χ2v) is 11.9. The number of oxazole rings is 1. The van der Waals surface area contributed by atoms with Crippen LogP contribution in [0.25, 0.3) is 33.5 Å². The molecule has 0 aliphatic heterocycles. The number of carboxylic acids is 1. The fourth-order valence-electron chi connectivity index (χ4n) is 4.19. The molecule has 2 heterocycles. The molecule has 0 unspecified atom stereocenters. The number of aromatic nitrogens is 2. The summed E-state index contributed by atoms with van der Waals surface area (Å²) in [6.07, 6.45) is 4.08. The maximum atomic E-state index is 12.0. The van der Waals surface area contributed by atoms with Gasteiger partial charge in [-0.1, -0.05) is 12.1 Å². The molecule has 4 aromatic rings. The monoisotopic (exact) mass is 579 g/mol. The summed E-state index contributed by atoms with van der Waals surface area (Å²) in [5.41, 5.74) is 1.88. The topological polar surface area (TPSA) is 185 Å². The number of carboxylic acid groups (broad SMARTS) is 1. The Bertz CT molecular complexity index is 1730. The predicted molar refractivity (Wildman–Crippen MR) is 140 cm³/mol. The Hall–Kier alpha value is -3.59. The van der Waals surface area contributed by atoms with E-state index in [1.54, 1.807) is 0 Å². The van der Waals surface area contributed by atoms with Crippen LogP contribution in [0.4, 0.5) is 0 Å². The lowest BCUT2D eigenvalue weighted by molar-refractivity contribution is -0.671. The van der Waals surface area contributed by atoms with Crippen molar-refractivity contribution in [2.24, 2.45) is 0 Å². The molecular weight excluding hydrogens is 552 g/mol. The van der Waals surface area contributed by atoms with Gasteiger partial charge in [-0.2, -0.15) is 21.4 Å². The van der Waals surface area contributed by atoms with Crippen LogP contribution < -0.4 is 9.30 Å². The minimum absolute atomic E-state index is 0.112. The van der Waals surface area contributed by atoms with E-state index >= 15 is 0 Å². The van der Waals surface area contributed by atoms with Crippen molar-refractivity contribution in [3.8, 4) is 17.2 Å². The summed E-state index contributed by atoms with van der Waals surface area (Å²) in [7, 11) is -8.92. The first-order chi connectivity index (χ1) is 18.4. The van der Waals surface area contributed by atoms with Gasteiger partial charge in [0, 0.05) is 31.0 Å². The van der Waals surface area contributed by atoms with E-state index < -0.39 is 36.9 Å². The average molecular weight is 580 g/mol. The molecule has 0 aliphatic rings. The third-order valence-corrected chi connectivity index (χ3v) is 7.66. The Balaban J connectivity index is 1.65. The quantitative estimate of drug-likeness (QED) is 0.120. The van der Waals surface area contributed by atoms with E-state index in [9.17, 15) is 26.2 Å². The van der Waals surface area contributed by atoms with Crippen LogP contribution >= 0.6 is 0 Å². The predicted octanol–water partition coefficient (Wildman–Crippen LogP) is 3.48. The summed E-state index contributed by atoms with van der Waals surface area (Å²) >= 11 is 0. The fourth-order valence-corrected chi connectivity index (χ4v) is 5.31. The number of fused-ring (bicyclic) bond motifs is 2. The lowest BCUT2D eigenvalue weighted by Crippen LogP contribution is -2.34. The van der Waals surface area contributed by atoms with Gasteiger partial charge < -0.3 is 14.3 Å². The molecule has 0 amide bonds. The molecule has 0 radical (unpaired) electrons. The summed E-state index contributed by atoms with van der Waals surface area (Å²) in [6.45, 7) is 0.443. The van der Waals surface area contributed by atoms with Gasteiger partial charge in [-0.15, -0.1) is 0 Å². The maximum absolute atomic E-state index is 12.0. The van der Waals surface area contributed by atoms with Crippen molar-refractivity contribution >= 4 is 48.2 Å². The molecular formula is C25H27N2O10S2+. The summed E-state index contributed by atoms with van der Waals surface area (Å²) in [4.78, 5) is 14.6. The van der Waals surface area contributed by atoms with Gasteiger partial charge in [0.15, 0.2) is 11.8 Å². The highest BCUT2D eigenvalue weighted by Gasteiger charge is 2.23. The van der Waals surface area contributed by atoms with Crippen molar-refractivity contribution in [1.29, 1.82) is 0 Å². The van der Waals surface area contributed by atoms with Crippen molar-refractivity contribution < 1.29 is 49.6 Å². The van der Waals surface area contributed by atoms with Gasteiger partial charge in [-0.05, 0) is 31.4 Å². The summed E-state index contributed by atoms with van der Waals surface area (Å²) in [5.74, 6) is -1.43. The molecule has 12 nitrogen and oxygen atoms in total. The number of ether oxygens (including phenoxy) is 1. The summed E-state index contributed by atoms with van der Waals surface area (Å²) in [5, 5.41) is 9.64. The van der Waals surface area contributed by atoms with Crippen LogP contribution in [0.15, 0.2) is 58.0 Å². The van der Waals surface area contributed by atoms with E-state index in [2.05, 4.69) is 9.55 Å². The first-order valence-electron chi connectivity index (χ1n) is 12.1. The van der Waals surface area contributed by atoms with E-state index in [4.69, 9.17) is 18.8 Å². The number of hydrogen-bond donors (Lipinski definition) is 3. The normalized spacial score (nSPS) is 12.3. The second kappa shape index (κ2) is 11.7. The zero-order valence-corrected chi connectivity index (χ0v) is 22.3. The van der Waals surface area contributed by atoms with Crippen LogP contribution in [0.5, 0.6) is 5.75 Å². The Labute approximate surface area is 224 Å². The molecule has 3 N–H and O–H groups in total. The zero-order valence-electron chi connectivity index (χ0n) is 20.7. The van der Waals surface area contributed by atoms with Gasteiger partial charge in [-0.3, -0.25) is 13.9 Å². The molecule has 0 aliphatic carbocycles. The molecule has 0 saturated carbocycles. The second-order valence-electron chi connectivity index (χ2n) is 8.89. The number of rotatable bonds is 13. The highest BCUT2D eigenvalue weighted by atomic mass is 32.2. The molecule has 4 rings (SSSR count). The van der Waals surface area contributed by atoms with Crippen molar-refractivity contribution in [1.82, 2.24) is 4.98 Å². The van der Waals surface area contributed by atoms with Gasteiger partial charge in [0.2, 0.25) is 11.4 Å². The Morgan fingerprint density at radius 2 is 1.77 bits per heavy atom. The van der Waals surface area contributed by atoms with Crippen molar-refractivity contribution in [3.05, 3.63) is 48.7 Å². The van der Waals surface area contributed by atoms with Crippen LogP contribution in [0.3, 0.4) is 0 Å². The zero-order chi connectivity index (χ0) is 28.2. The van der Waals surface area contributed by atoms with Crippen LogP contribution in [0, 0.1) is 0 Å². The number of nitrogens with zero attached hydrogens (tertiary/aromatic N) is 2. The molecule has 0 atom stereocenters. The first-order valence-corrected chi connectivity index (χ1v) is 15.1. The minimum Gasteiger partial charge on any atom is -0.492 e. The number of aryl methyl sites for hydroxylation is 1. The highest BCUT2D eigenvalue weighted by Crippen LogP contribution is 2.34. The van der Waals surface area contributed by atoms with E-state index in [-0.39, 0.29) is 42.2 Å². The van der Waals surface area contributed by atoms with Gasteiger partial charge in [0.05, 0.1) is 23.3 Å². The molecule has 0 fully saturated rings. The number of pyridine rings is 1. The Kier molecular flexibility index (Phi) is 8.49. The highest BCUT2D eigenvalue weighted by molar-refractivity contribution is 7.86. The van der Waals surface area contributed by atoms with E-state index in [0.29, 0.717) is 18.5 Å². The molecule has 39 heavy (non-hydrogen) atoms. The number of carbonyl (C=O) groups is 1. The van der Waals surface area contributed by atoms with Gasteiger partial charge in [0.25, 0.3) is 20.2 Å². The Morgan fingerprint density at radius 1 is 1.00 bits per heavy atom.